The molecule has 0 saturated carbocycles. The van der Waals surface area contributed by atoms with Gasteiger partial charge in [-0.15, -0.1) is 0 Å². The molecule has 1 aliphatic heterocycles. The first-order valence-corrected chi connectivity index (χ1v) is 9.59. The van der Waals surface area contributed by atoms with Crippen molar-refractivity contribution in [2.24, 2.45) is 5.92 Å². The van der Waals surface area contributed by atoms with E-state index in [0.717, 1.165) is 38.6 Å². The number of rotatable bonds is 3. The van der Waals surface area contributed by atoms with E-state index >= 15 is 0 Å². The van der Waals surface area contributed by atoms with E-state index in [2.05, 4.69) is 45.6 Å². The molecule has 0 spiro atoms. The Morgan fingerprint density at radius 2 is 2.04 bits per heavy atom. The molecule has 2 aliphatic rings. The van der Waals surface area contributed by atoms with Gasteiger partial charge in [0.05, 0.1) is 18.4 Å². The maximum absolute atomic E-state index is 13.3. The summed E-state index contributed by atoms with van der Waals surface area (Å²) in [6.45, 7) is 3.12. The molecule has 0 N–H and O–H groups in total. The van der Waals surface area contributed by atoms with Gasteiger partial charge in [-0.1, -0.05) is 24.3 Å². The van der Waals surface area contributed by atoms with E-state index in [1.165, 1.54) is 17.5 Å². The molecule has 0 bridgehead atoms. The van der Waals surface area contributed by atoms with Crippen LogP contribution in [0.3, 0.4) is 0 Å². The molecule has 3 unspecified atom stereocenters. The Hall–Kier alpha value is -2.10. The number of nitrogens with zero attached hydrogens (tertiary/aromatic N) is 3. The molecule has 4 rings (SSSR count). The number of fused-ring (bicyclic) bond motifs is 1. The van der Waals surface area contributed by atoms with E-state index in [1.807, 2.05) is 18.7 Å². The lowest BCUT2D eigenvalue weighted by atomic mass is 9.82. The van der Waals surface area contributed by atoms with E-state index in [4.69, 9.17) is 0 Å². The normalized spacial score (nSPS) is 24.6. The Labute approximate surface area is 149 Å². The molecule has 1 saturated heterocycles. The average molecular weight is 337 g/mol. The monoisotopic (exact) mass is 337 g/mol. The number of carbonyl (C=O) groups is 1. The number of likely N-dealkylation sites (tertiary alicyclic amines) is 1. The van der Waals surface area contributed by atoms with Gasteiger partial charge in [0.1, 0.15) is 0 Å². The summed E-state index contributed by atoms with van der Waals surface area (Å²) >= 11 is 0. The van der Waals surface area contributed by atoms with Crippen LogP contribution in [-0.2, 0) is 17.6 Å². The summed E-state index contributed by atoms with van der Waals surface area (Å²) in [6, 6.07) is 9.16. The molecule has 25 heavy (non-hydrogen) atoms. The average Bonchev–Trinajstić information content (AvgIpc) is 3.21. The van der Waals surface area contributed by atoms with Gasteiger partial charge in [0.2, 0.25) is 5.91 Å². The minimum absolute atomic E-state index is 0.144. The molecule has 3 atom stereocenters. The van der Waals surface area contributed by atoms with Crippen LogP contribution in [0.25, 0.3) is 0 Å². The molecule has 1 aromatic carbocycles. The van der Waals surface area contributed by atoms with Crippen LogP contribution in [0.15, 0.2) is 43.0 Å². The van der Waals surface area contributed by atoms with Gasteiger partial charge < -0.3 is 9.47 Å². The maximum atomic E-state index is 13.3. The summed E-state index contributed by atoms with van der Waals surface area (Å²) in [4.78, 5) is 19.7. The smallest absolute Gasteiger partial charge is 0.226 e. The summed E-state index contributed by atoms with van der Waals surface area (Å²) in [5.41, 5.74) is 2.79. The fourth-order valence-electron chi connectivity index (χ4n) is 4.58. The minimum Gasteiger partial charge on any atom is -0.337 e. The highest BCUT2D eigenvalue weighted by molar-refractivity contribution is 5.80. The Bertz CT molecular complexity index is 725. The Morgan fingerprint density at radius 1 is 1.20 bits per heavy atom. The molecule has 1 amide bonds. The van der Waals surface area contributed by atoms with E-state index in [9.17, 15) is 4.79 Å². The zero-order valence-corrected chi connectivity index (χ0v) is 15.0. The fraction of sp³-hybridized carbons (Fsp3) is 0.524. The third-order valence-corrected chi connectivity index (χ3v) is 6.08. The molecule has 1 aromatic heterocycles. The number of piperidine rings is 1. The second kappa shape index (κ2) is 7.03. The summed E-state index contributed by atoms with van der Waals surface area (Å²) < 4.78 is 2.15. The number of aryl methyl sites for hydroxylation is 1. The first-order valence-electron chi connectivity index (χ1n) is 9.59. The van der Waals surface area contributed by atoms with Gasteiger partial charge in [0.15, 0.2) is 0 Å². The lowest BCUT2D eigenvalue weighted by Crippen LogP contribution is -2.50. The van der Waals surface area contributed by atoms with Crippen LogP contribution in [0.4, 0.5) is 0 Å². The zero-order valence-electron chi connectivity index (χ0n) is 15.0. The molecular formula is C21H27N3O. The first kappa shape index (κ1) is 16.4. The van der Waals surface area contributed by atoms with Gasteiger partial charge >= 0.3 is 0 Å². The molecule has 132 valence electrons. The van der Waals surface area contributed by atoms with Crippen LogP contribution in [0.1, 0.15) is 49.8 Å². The highest BCUT2D eigenvalue weighted by Crippen LogP contribution is 2.32. The van der Waals surface area contributed by atoms with Crippen LogP contribution >= 0.6 is 0 Å². The highest BCUT2D eigenvalue weighted by atomic mass is 16.2. The SMILES string of the molecule is CC(C1CCCCN1C(=O)C1CCc2ccccc2C1)n1ccnc1. The summed E-state index contributed by atoms with van der Waals surface area (Å²) in [5, 5.41) is 0. The van der Waals surface area contributed by atoms with E-state index in [-0.39, 0.29) is 18.0 Å². The number of hydrogen-bond acceptors (Lipinski definition) is 2. The second-order valence-electron chi connectivity index (χ2n) is 7.55. The van der Waals surface area contributed by atoms with Gasteiger partial charge in [-0.25, -0.2) is 4.98 Å². The number of imidazole rings is 1. The van der Waals surface area contributed by atoms with E-state index in [0.29, 0.717) is 5.91 Å². The zero-order chi connectivity index (χ0) is 17.2. The van der Waals surface area contributed by atoms with Crippen LogP contribution in [0, 0.1) is 5.92 Å². The van der Waals surface area contributed by atoms with Crippen molar-refractivity contribution in [1.82, 2.24) is 14.5 Å². The Morgan fingerprint density at radius 3 is 2.84 bits per heavy atom. The number of benzene rings is 1. The number of amides is 1. The summed E-state index contributed by atoms with van der Waals surface area (Å²) in [7, 11) is 0. The quantitative estimate of drug-likeness (QED) is 0.858. The second-order valence-corrected chi connectivity index (χ2v) is 7.55. The van der Waals surface area contributed by atoms with E-state index in [1.54, 1.807) is 0 Å². The third-order valence-electron chi connectivity index (χ3n) is 6.08. The standard InChI is InChI=1S/C21H27N3O/c1-16(23-13-11-22-15-23)20-8-4-5-12-24(20)21(25)19-10-9-17-6-2-3-7-18(17)14-19/h2-3,6-7,11,13,15-16,19-20H,4-5,8-10,12,14H2,1H3. The van der Waals surface area contributed by atoms with Crippen molar-refractivity contribution >= 4 is 5.91 Å². The van der Waals surface area contributed by atoms with Crippen molar-refractivity contribution in [1.29, 1.82) is 0 Å². The molecule has 2 heterocycles. The molecule has 4 nitrogen and oxygen atoms in total. The predicted octanol–water partition coefficient (Wildman–Crippen LogP) is 3.63. The lowest BCUT2D eigenvalue weighted by Gasteiger charge is -2.42. The first-order chi connectivity index (χ1) is 12.2. The van der Waals surface area contributed by atoms with Crippen molar-refractivity contribution in [3.05, 3.63) is 54.1 Å². The number of aromatic nitrogens is 2. The number of hydrogen-bond donors (Lipinski definition) is 0. The Kier molecular flexibility index (Phi) is 4.60. The molecular weight excluding hydrogens is 310 g/mol. The van der Waals surface area contributed by atoms with Gasteiger partial charge in [-0.3, -0.25) is 4.79 Å². The largest absolute Gasteiger partial charge is 0.337 e. The van der Waals surface area contributed by atoms with Crippen LogP contribution in [0.2, 0.25) is 0 Å². The van der Waals surface area contributed by atoms with Crippen molar-refractivity contribution in [3.8, 4) is 0 Å². The Balaban J connectivity index is 1.52. The van der Waals surface area contributed by atoms with Crippen LogP contribution in [0.5, 0.6) is 0 Å². The molecule has 1 aliphatic carbocycles. The predicted molar refractivity (Wildman–Crippen MR) is 98.2 cm³/mol. The lowest BCUT2D eigenvalue weighted by molar-refractivity contribution is -0.140. The third kappa shape index (κ3) is 3.22. The maximum Gasteiger partial charge on any atom is 0.226 e. The van der Waals surface area contributed by atoms with Crippen LogP contribution < -0.4 is 0 Å². The van der Waals surface area contributed by atoms with Crippen molar-refractivity contribution in [3.63, 3.8) is 0 Å². The molecule has 1 fully saturated rings. The van der Waals surface area contributed by atoms with Gasteiger partial charge in [0.25, 0.3) is 0 Å². The topological polar surface area (TPSA) is 38.1 Å². The van der Waals surface area contributed by atoms with Crippen LogP contribution in [-0.4, -0.2) is 32.9 Å². The minimum atomic E-state index is 0.144. The summed E-state index contributed by atoms with van der Waals surface area (Å²) in [6.07, 6.45) is 12.1. The molecule has 0 radical (unpaired) electrons. The molecule has 2 aromatic rings. The van der Waals surface area contributed by atoms with Gasteiger partial charge in [-0.2, -0.15) is 0 Å². The van der Waals surface area contributed by atoms with E-state index < -0.39 is 0 Å². The number of carbonyl (C=O) groups excluding carboxylic acids is 1. The van der Waals surface area contributed by atoms with Gasteiger partial charge in [0, 0.05) is 24.9 Å². The van der Waals surface area contributed by atoms with Crippen molar-refractivity contribution in [2.75, 3.05) is 6.54 Å². The van der Waals surface area contributed by atoms with Crippen molar-refractivity contribution < 1.29 is 4.79 Å². The molecule has 4 heteroatoms. The summed E-state index contributed by atoms with van der Waals surface area (Å²) in [5.74, 6) is 0.511. The van der Waals surface area contributed by atoms with Crippen molar-refractivity contribution in [2.45, 2.75) is 57.5 Å². The highest BCUT2D eigenvalue weighted by Gasteiger charge is 2.35. The fourth-order valence-corrected chi connectivity index (χ4v) is 4.58. The van der Waals surface area contributed by atoms with Gasteiger partial charge in [-0.05, 0) is 56.6 Å².